The molecule has 1 fully saturated rings. The van der Waals surface area contributed by atoms with Gasteiger partial charge in [-0.15, -0.1) is 0 Å². The second-order valence-corrected chi connectivity index (χ2v) is 9.02. The van der Waals surface area contributed by atoms with Crippen LogP contribution < -0.4 is 10.6 Å². The van der Waals surface area contributed by atoms with Crippen LogP contribution in [-0.2, 0) is 19.1 Å². The number of carbonyl (C=O) groups excluding carboxylic acids is 2. The van der Waals surface area contributed by atoms with Crippen molar-refractivity contribution in [3.63, 3.8) is 0 Å². The summed E-state index contributed by atoms with van der Waals surface area (Å²) >= 11 is 0. The number of carbonyl (C=O) groups is 3. The van der Waals surface area contributed by atoms with Crippen LogP contribution in [0.5, 0.6) is 0 Å². The van der Waals surface area contributed by atoms with Crippen molar-refractivity contribution < 1.29 is 29.0 Å². The summed E-state index contributed by atoms with van der Waals surface area (Å²) in [5.41, 5.74) is 4.59. The van der Waals surface area contributed by atoms with Crippen LogP contribution in [-0.4, -0.2) is 55.0 Å². The number of alkyl carbamates (subject to hydrolysis) is 1. The Hall–Kier alpha value is -3.39. The van der Waals surface area contributed by atoms with Gasteiger partial charge >= 0.3 is 12.1 Å². The average Bonchev–Trinajstić information content (AvgIpc) is 3.44. The molecule has 1 aliphatic heterocycles. The number of amides is 2. The molecule has 2 aromatic carbocycles. The fourth-order valence-corrected chi connectivity index (χ4v) is 4.57. The van der Waals surface area contributed by atoms with Gasteiger partial charge < -0.3 is 25.2 Å². The molecule has 1 heterocycles. The molecule has 34 heavy (non-hydrogen) atoms. The number of ether oxygens (including phenoxy) is 2. The fourth-order valence-electron chi connectivity index (χ4n) is 4.57. The highest BCUT2D eigenvalue weighted by Gasteiger charge is 2.32. The maximum atomic E-state index is 12.5. The van der Waals surface area contributed by atoms with E-state index in [1.165, 1.54) is 0 Å². The summed E-state index contributed by atoms with van der Waals surface area (Å²) in [6, 6.07) is 15.8. The topological polar surface area (TPSA) is 114 Å². The average molecular weight is 467 g/mol. The molecule has 2 amide bonds. The zero-order valence-corrected chi connectivity index (χ0v) is 19.3. The van der Waals surface area contributed by atoms with Crippen LogP contribution in [0.3, 0.4) is 0 Å². The van der Waals surface area contributed by atoms with Crippen LogP contribution in [0.1, 0.15) is 37.3 Å². The number of aliphatic carboxylic acids is 1. The third-order valence-electron chi connectivity index (χ3n) is 6.79. The zero-order chi connectivity index (χ0) is 24.2. The van der Waals surface area contributed by atoms with Crippen LogP contribution >= 0.6 is 0 Å². The second kappa shape index (κ2) is 10.3. The second-order valence-electron chi connectivity index (χ2n) is 9.02. The van der Waals surface area contributed by atoms with E-state index in [0.29, 0.717) is 6.42 Å². The van der Waals surface area contributed by atoms with Gasteiger partial charge in [-0.2, -0.15) is 0 Å². The molecule has 2 aliphatic rings. The summed E-state index contributed by atoms with van der Waals surface area (Å²) in [6.45, 7) is 4.07. The number of benzene rings is 2. The molecule has 0 radical (unpaired) electrons. The number of hydrogen-bond acceptors (Lipinski definition) is 5. The molecular weight excluding hydrogens is 436 g/mol. The molecule has 1 aliphatic carbocycles. The summed E-state index contributed by atoms with van der Waals surface area (Å²) in [4.78, 5) is 36.0. The highest BCUT2D eigenvalue weighted by atomic mass is 16.5. The molecule has 3 N–H and O–H groups in total. The van der Waals surface area contributed by atoms with Crippen LogP contribution in [0, 0.1) is 11.8 Å². The Bertz CT molecular complexity index is 1030. The lowest BCUT2D eigenvalue weighted by atomic mass is 9.98. The van der Waals surface area contributed by atoms with Crippen LogP contribution in [0.15, 0.2) is 48.5 Å². The minimum atomic E-state index is -0.886. The fraction of sp³-hybridized carbons (Fsp3) is 0.423. The molecule has 0 saturated carbocycles. The third-order valence-corrected chi connectivity index (χ3v) is 6.79. The number of fused-ring (bicyclic) bond motifs is 3. The van der Waals surface area contributed by atoms with E-state index in [1.807, 2.05) is 24.3 Å². The van der Waals surface area contributed by atoms with Crippen molar-refractivity contribution in [1.29, 1.82) is 0 Å². The number of hydrogen-bond donors (Lipinski definition) is 3. The molecule has 4 rings (SSSR count). The van der Waals surface area contributed by atoms with Crippen molar-refractivity contribution in [2.45, 2.75) is 38.3 Å². The Morgan fingerprint density at radius 1 is 1.06 bits per heavy atom. The van der Waals surface area contributed by atoms with Crippen molar-refractivity contribution in [3.8, 4) is 11.1 Å². The van der Waals surface area contributed by atoms with Gasteiger partial charge in [0.25, 0.3) is 0 Å². The van der Waals surface area contributed by atoms with Gasteiger partial charge in [-0.1, -0.05) is 55.5 Å². The molecule has 8 heteroatoms. The Morgan fingerprint density at radius 2 is 1.68 bits per heavy atom. The first-order valence-corrected chi connectivity index (χ1v) is 11.6. The van der Waals surface area contributed by atoms with E-state index < -0.39 is 29.9 Å². The van der Waals surface area contributed by atoms with Gasteiger partial charge in [0, 0.05) is 18.5 Å². The van der Waals surface area contributed by atoms with Gasteiger partial charge in [0.2, 0.25) is 5.91 Å². The Labute approximate surface area is 198 Å². The maximum absolute atomic E-state index is 12.5. The van der Waals surface area contributed by atoms with Crippen molar-refractivity contribution in [2.24, 2.45) is 11.8 Å². The number of carboxylic acid groups (broad SMARTS) is 1. The van der Waals surface area contributed by atoms with Gasteiger partial charge in [0.05, 0.1) is 24.5 Å². The molecule has 2 aromatic rings. The van der Waals surface area contributed by atoms with Crippen molar-refractivity contribution >= 4 is 18.0 Å². The Kier molecular flexibility index (Phi) is 7.17. The molecule has 0 bridgehead atoms. The van der Waals surface area contributed by atoms with E-state index in [1.54, 1.807) is 13.8 Å². The van der Waals surface area contributed by atoms with Crippen molar-refractivity contribution in [2.75, 3.05) is 19.8 Å². The molecule has 0 spiro atoms. The maximum Gasteiger partial charge on any atom is 0.407 e. The lowest BCUT2D eigenvalue weighted by molar-refractivity contribution is -0.141. The number of nitrogens with one attached hydrogen (secondary N) is 2. The van der Waals surface area contributed by atoms with E-state index in [0.717, 1.165) is 22.3 Å². The van der Waals surface area contributed by atoms with Crippen molar-refractivity contribution in [1.82, 2.24) is 10.6 Å². The molecule has 180 valence electrons. The third kappa shape index (κ3) is 5.07. The van der Waals surface area contributed by atoms with Crippen LogP contribution in [0.4, 0.5) is 4.79 Å². The van der Waals surface area contributed by atoms with Crippen LogP contribution in [0.2, 0.25) is 0 Å². The van der Waals surface area contributed by atoms with Gasteiger partial charge in [-0.3, -0.25) is 9.59 Å². The zero-order valence-electron chi connectivity index (χ0n) is 19.3. The van der Waals surface area contributed by atoms with E-state index in [2.05, 4.69) is 34.9 Å². The molecular formula is C26H30N2O6. The first-order valence-electron chi connectivity index (χ1n) is 11.6. The SMILES string of the molecule is CC(NC(=O)OCC1c2ccccc2-c2ccccc21)C(C)C(=O)NCC1CC(C(=O)O)CO1. The lowest BCUT2D eigenvalue weighted by Gasteiger charge is -2.22. The minimum Gasteiger partial charge on any atom is -0.481 e. The van der Waals surface area contributed by atoms with Gasteiger partial charge in [0.1, 0.15) is 6.61 Å². The lowest BCUT2D eigenvalue weighted by Crippen LogP contribution is -2.45. The highest BCUT2D eigenvalue weighted by Crippen LogP contribution is 2.44. The predicted octanol–water partition coefficient (Wildman–Crippen LogP) is 3.16. The largest absolute Gasteiger partial charge is 0.481 e. The first kappa shape index (κ1) is 23.8. The Balaban J connectivity index is 1.25. The van der Waals surface area contributed by atoms with E-state index in [-0.39, 0.29) is 37.7 Å². The van der Waals surface area contributed by atoms with Gasteiger partial charge in [-0.05, 0) is 35.6 Å². The normalized spacial score (nSPS) is 20.6. The van der Waals surface area contributed by atoms with Crippen molar-refractivity contribution in [3.05, 3.63) is 59.7 Å². The molecule has 8 nitrogen and oxygen atoms in total. The summed E-state index contributed by atoms with van der Waals surface area (Å²) in [6.07, 6.45) is -0.516. The Morgan fingerprint density at radius 3 is 2.26 bits per heavy atom. The molecule has 1 saturated heterocycles. The summed E-state index contributed by atoms with van der Waals surface area (Å²) in [5.74, 6) is -2.20. The molecule has 0 aromatic heterocycles. The highest BCUT2D eigenvalue weighted by molar-refractivity contribution is 5.80. The summed E-state index contributed by atoms with van der Waals surface area (Å²) < 4.78 is 11.0. The predicted molar refractivity (Wildman–Crippen MR) is 125 cm³/mol. The van der Waals surface area contributed by atoms with Gasteiger partial charge in [-0.25, -0.2) is 4.79 Å². The smallest absolute Gasteiger partial charge is 0.407 e. The monoisotopic (exact) mass is 466 g/mol. The van der Waals surface area contributed by atoms with Crippen LogP contribution in [0.25, 0.3) is 11.1 Å². The molecule has 4 unspecified atom stereocenters. The van der Waals surface area contributed by atoms with Gasteiger partial charge in [0.15, 0.2) is 0 Å². The standard InChI is InChI=1S/C26H30N2O6/c1-15(24(29)27-12-18-11-17(13-33-18)25(30)31)16(2)28-26(32)34-14-23-21-9-5-3-7-19(21)20-8-4-6-10-22(20)23/h3-10,15-18,23H,11-14H2,1-2H3,(H,27,29)(H,28,32)(H,30,31). The number of rotatable bonds is 8. The van der Waals surface area contributed by atoms with E-state index >= 15 is 0 Å². The summed E-state index contributed by atoms with van der Waals surface area (Å²) in [7, 11) is 0. The summed E-state index contributed by atoms with van der Waals surface area (Å²) in [5, 5.41) is 14.6. The van der Waals surface area contributed by atoms with E-state index in [9.17, 15) is 14.4 Å². The quantitative estimate of drug-likeness (QED) is 0.551. The number of carboxylic acids is 1. The minimum absolute atomic E-state index is 0.0322. The first-order chi connectivity index (χ1) is 16.3. The molecule has 4 atom stereocenters. The van der Waals surface area contributed by atoms with E-state index in [4.69, 9.17) is 14.6 Å².